The first-order valence-electron chi connectivity index (χ1n) is 6.36. The van der Waals surface area contributed by atoms with E-state index in [-0.39, 0.29) is 4.90 Å². The van der Waals surface area contributed by atoms with Crippen LogP contribution in [0.3, 0.4) is 0 Å². The molecule has 0 atom stereocenters. The number of nitrogens with one attached hydrogen (secondary N) is 1. The fourth-order valence-electron chi connectivity index (χ4n) is 1.82. The van der Waals surface area contributed by atoms with Crippen LogP contribution < -0.4 is 15.2 Å². The van der Waals surface area contributed by atoms with Crippen LogP contribution in [-0.2, 0) is 16.6 Å². The lowest BCUT2D eigenvalue weighted by molar-refractivity contribution is 0.414. The molecule has 0 bridgehead atoms. The Kier molecular flexibility index (Phi) is 4.49. The lowest BCUT2D eigenvalue weighted by Crippen LogP contribution is -2.13. The average Bonchev–Trinajstić information content (AvgIpc) is 2.91. The number of aromatic nitrogens is 2. The van der Waals surface area contributed by atoms with E-state index in [2.05, 4.69) is 9.82 Å². The summed E-state index contributed by atoms with van der Waals surface area (Å²) in [5.74, 6) is 0.672. The number of rotatable bonds is 6. The molecule has 21 heavy (non-hydrogen) atoms. The zero-order chi connectivity index (χ0) is 15.5. The normalized spacial score (nSPS) is 11.4. The standard InChI is InChI=1S/C13H18N4O3S/c1-10-7-11(20-2)3-4-13(10)16-21(18,19)12-8-15-17(9-12)6-5-14/h3-4,7-9,16H,5-6,14H2,1-2H3. The highest BCUT2D eigenvalue weighted by Gasteiger charge is 2.17. The molecule has 0 spiro atoms. The Balaban J connectivity index is 2.24. The largest absolute Gasteiger partial charge is 0.497 e. The van der Waals surface area contributed by atoms with Crippen molar-refractivity contribution < 1.29 is 13.2 Å². The summed E-state index contributed by atoms with van der Waals surface area (Å²) in [7, 11) is -2.11. The molecule has 1 aromatic carbocycles. The Bertz CT molecular complexity index is 725. The molecule has 3 N–H and O–H groups in total. The quantitative estimate of drug-likeness (QED) is 0.828. The van der Waals surface area contributed by atoms with Crippen molar-refractivity contribution in [3.8, 4) is 5.75 Å². The van der Waals surface area contributed by atoms with Crippen LogP contribution in [0.2, 0.25) is 0 Å². The Morgan fingerprint density at radius 2 is 2.19 bits per heavy atom. The molecule has 7 nitrogen and oxygen atoms in total. The second-order valence-corrected chi connectivity index (χ2v) is 6.20. The SMILES string of the molecule is COc1ccc(NS(=O)(=O)c2cnn(CCN)c2)c(C)c1. The van der Waals surface area contributed by atoms with E-state index in [1.165, 1.54) is 17.1 Å². The van der Waals surface area contributed by atoms with Crippen molar-refractivity contribution in [2.24, 2.45) is 5.73 Å². The van der Waals surface area contributed by atoms with Crippen molar-refractivity contribution in [1.82, 2.24) is 9.78 Å². The number of ether oxygens (including phenoxy) is 1. The van der Waals surface area contributed by atoms with Gasteiger partial charge in [-0.15, -0.1) is 0 Å². The van der Waals surface area contributed by atoms with Gasteiger partial charge in [-0.05, 0) is 30.7 Å². The van der Waals surface area contributed by atoms with Crippen molar-refractivity contribution in [3.63, 3.8) is 0 Å². The smallest absolute Gasteiger partial charge is 0.265 e. The molecule has 1 heterocycles. The third-order valence-corrected chi connectivity index (χ3v) is 4.28. The second-order valence-electron chi connectivity index (χ2n) is 4.51. The minimum absolute atomic E-state index is 0.103. The summed E-state index contributed by atoms with van der Waals surface area (Å²) >= 11 is 0. The second kappa shape index (κ2) is 6.15. The van der Waals surface area contributed by atoms with Gasteiger partial charge in [-0.25, -0.2) is 8.42 Å². The molecular weight excluding hydrogens is 292 g/mol. The number of methoxy groups -OCH3 is 1. The van der Waals surface area contributed by atoms with Crippen LogP contribution in [0.1, 0.15) is 5.56 Å². The summed E-state index contributed by atoms with van der Waals surface area (Å²) in [5.41, 5.74) is 6.68. The monoisotopic (exact) mass is 310 g/mol. The van der Waals surface area contributed by atoms with E-state index < -0.39 is 10.0 Å². The van der Waals surface area contributed by atoms with Gasteiger partial charge in [0, 0.05) is 12.7 Å². The zero-order valence-electron chi connectivity index (χ0n) is 11.9. The molecule has 2 aromatic rings. The number of nitrogens with zero attached hydrogens (tertiary/aromatic N) is 2. The fraction of sp³-hybridized carbons (Fsp3) is 0.308. The minimum Gasteiger partial charge on any atom is -0.497 e. The zero-order valence-corrected chi connectivity index (χ0v) is 12.7. The molecule has 1 aromatic heterocycles. The maximum absolute atomic E-state index is 12.3. The number of aryl methyl sites for hydroxylation is 1. The number of hydrogen-bond donors (Lipinski definition) is 2. The highest BCUT2D eigenvalue weighted by Crippen LogP contribution is 2.23. The summed E-state index contributed by atoms with van der Waals surface area (Å²) < 4.78 is 33.7. The molecule has 0 unspecified atom stereocenters. The van der Waals surface area contributed by atoms with E-state index in [1.54, 1.807) is 32.2 Å². The van der Waals surface area contributed by atoms with Crippen LogP contribution in [-0.4, -0.2) is 31.9 Å². The van der Waals surface area contributed by atoms with Crippen LogP contribution in [0, 0.1) is 6.92 Å². The van der Waals surface area contributed by atoms with Gasteiger partial charge in [0.25, 0.3) is 10.0 Å². The first kappa shape index (κ1) is 15.3. The molecule has 0 saturated heterocycles. The number of sulfonamides is 1. The third-order valence-electron chi connectivity index (χ3n) is 2.96. The van der Waals surface area contributed by atoms with Crippen molar-refractivity contribution in [2.45, 2.75) is 18.4 Å². The summed E-state index contributed by atoms with van der Waals surface area (Å²) in [6.45, 7) is 2.67. The molecule has 0 saturated carbocycles. The van der Waals surface area contributed by atoms with Gasteiger partial charge in [-0.1, -0.05) is 0 Å². The van der Waals surface area contributed by atoms with E-state index in [9.17, 15) is 8.42 Å². The molecule has 2 rings (SSSR count). The predicted octanol–water partition coefficient (Wildman–Crippen LogP) is 0.960. The fourth-order valence-corrected chi connectivity index (χ4v) is 2.90. The molecule has 0 radical (unpaired) electrons. The Morgan fingerprint density at radius 3 is 2.81 bits per heavy atom. The van der Waals surface area contributed by atoms with E-state index in [0.717, 1.165) is 5.56 Å². The summed E-state index contributed by atoms with van der Waals surface area (Å²) in [4.78, 5) is 0.103. The van der Waals surface area contributed by atoms with Crippen LogP contribution in [0.15, 0.2) is 35.5 Å². The topological polar surface area (TPSA) is 99.2 Å². The maximum Gasteiger partial charge on any atom is 0.265 e. The number of benzene rings is 1. The molecule has 0 amide bonds. The number of hydrogen-bond acceptors (Lipinski definition) is 5. The van der Waals surface area contributed by atoms with Crippen molar-refractivity contribution in [2.75, 3.05) is 18.4 Å². The van der Waals surface area contributed by atoms with Crippen LogP contribution in [0.4, 0.5) is 5.69 Å². The molecule has 0 fully saturated rings. The Hall–Kier alpha value is -2.06. The van der Waals surface area contributed by atoms with Crippen molar-refractivity contribution >= 4 is 15.7 Å². The minimum atomic E-state index is -3.67. The first-order chi connectivity index (χ1) is 9.96. The van der Waals surface area contributed by atoms with Gasteiger partial charge in [0.15, 0.2) is 0 Å². The average molecular weight is 310 g/mol. The van der Waals surface area contributed by atoms with Crippen LogP contribution >= 0.6 is 0 Å². The van der Waals surface area contributed by atoms with E-state index in [0.29, 0.717) is 24.5 Å². The lowest BCUT2D eigenvalue weighted by Gasteiger charge is -2.10. The molecule has 0 aliphatic rings. The summed E-state index contributed by atoms with van der Waals surface area (Å²) in [5, 5.41) is 3.96. The third kappa shape index (κ3) is 3.53. The van der Waals surface area contributed by atoms with Crippen molar-refractivity contribution in [3.05, 3.63) is 36.2 Å². The van der Waals surface area contributed by atoms with E-state index >= 15 is 0 Å². The summed E-state index contributed by atoms with van der Waals surface area (Å²) in [6, 6.07) is 5.12. The number of nitrogens with two attached hydrogens (primary N) is 1. The first-order valence-corrected chi connectivity index (χ1v) is 7.84. The van der Waals surface area contributed by atoms with Crippen LogP contribution in [0.25, 0.3) is 0 Å². The summed E-state index contributed by atoms with van der Waals surface area (Å²) in [6.07, 6.45) is 2.75. The van der Waals surface area contributed by atoms with Gasteiger partial charge in [-0.3, -0.25) is 9.40 Å². The molecule has 0 aliphatic carbocycles. The molecular formula is C13H18N4O3S. The Labute approximate surface area is 123 Å². The van der Waals surface area contributed by atoms with Gasteiger partial charge in [0.1, 0.15) is 10.6 Å². The predicted molar refractivity (Wildman–Crippen MR) is 79.8 cm³/mol. The van der Waals surface area contributed by atoms with Gasteiger partial charge in [0.2, 0.25) is 0 Å². The van der Waals surface area contributed by atoms with Gasteiger partial charge >= 0.3 is 0 Å². The number of anilines is 1. The van der Waals surface area contributed by atoms with Crippen molar-refractivity contribution in [1.29, 1.82) is 0 Å². The highest BCUT2D eigenvalue weighted by molar-refractivity contribution is 7.92. The van der Waals surface area contributed by atoms with Gasteiger partial charge < -0.3 is 10.5 Å². The van der Waals surface area contributed by atoms with Gasteiger partial charge in [-0.2, -0.15) is 5.10 Å². The maximum atomic E-state index is 12.3. The molecule has 114 valence electrons. The van der Waals surface area contributed by atoms with Crippen LogP contribution in [0.5, 0.6) is 5.75 Å². The Morgan fingerprint density at radius 1 is 1.43 bits per heavy atom. The molecule has 0 aliphatic heterocycles. The lowest BCUT2D eigenvalue weighted by atomic mass is 10.2. The highest BCUT2D eigenvalue weighted by atomic mass is 32.2. The van der Waals surface area contributed by atoms with E-state index in [4.69, 9.17) is 10.5 Å². The van der Waals surface area contributed by atoms with E-state index in [1.807, 2.05) is 0 Å². The van der Waals surface area contributed by atoms with Gasteiger partial charge in [0.05, 0.1) is 25.5 Å². The molecule has 8 heteroatoms.